The first kappa shape index (κ1) is 30.7. The van der Waals surface area contributed by atoms with Gasteiger partial charge in [0.1, 0.15) is 17.9 Å². The van der Waals surface area contributed by atoms with Crippen LogP contribution in [-0.2, 0) is 21.2 Å². The van der Waals surface area contributed by atoms with E-state index in [1.54, 1.807) is 75.0 Å². The highest BCUT2D eigenvalue weighted by Gasteiger charge is 2.23. The van der Waals surface area contributed by atoms with Gasteiger partial charge in [-0.3, -0.25) is 18.9 Å². The van der Waals surface area contributed by atoms with Gasteiger partial charge >= 0.3 is 13.5 Å². The van der Waals surface area contributed by atoms with Gasteiger partial charge < -0.3 is 14.8 Å². The molecule has 6 heterocycles. The van der Waals surface area contributed by atoms with Crippen molar-refractivity contribution < 1.29 is 18.9 Å². The predicted octanol–water partition coefficient (Wildman–Crippen LogP) is 3.96. The second kappa shape index (κ2) is 11.4. The largest absolute Gasteiger partial charge is 0.471 e. The number of H-pyrrole nitrogens is 1. The molecule has 0 saturated carbocycles. The number of benzene rings is 1. The maximum atomic E-state index is 14.0. The third-order valence-corrected chi connectivity index (χ3v) is 8.35. The van der Waals surface area contributed by atoms with Gasteiger partial charge in [0.05, 0.1) is 39.3 Å². The molecule has 0 fully saturated rings. The topological polar surface area (TPSA) is 215 Å². The van der Waals surface area contributed by atoms with Crippen LogP contribution in [0.25, 0.3) is 61.3 Å². The summed E-state index contributed by atoms with van der Waals surface area (Å²) in [5.74, 6) is 0.456. The number of nitriles is 1. The van der Waals surface area contributed by atoms with Crippen LogP contribution in [0.2, 0.25) is 0 Å². The number of hydrogen-bond acceptors (Lipinski definition) is 10. The molecule has 3 N–H and O–H groups in total. The van der Waals surface area contributed by atoms with Crippen molar-refractivity contribution in [3.63, 3.8) is 0 Å². The first-order valence-corrected chi connectivity index (χ1v) is 15.9. The van der Waals surface area contributed by atoms with Crippen LogP contribution in [0.3, 0.4) is 0 Å². The Hall–Kier alpha value is -5.91. The number of phosphoric ester groups is 1. The molecule has 0 unspecified atom stereocenters. The molecule has 0 atom stereocenters. The maximum Gasteiger partial charge on any atom is 0.471 e. The van der Waals surface area contributed by atoms with Crippen molar-refractivity contribution >= 4 is 40.8 Å². The fourth-order valence-electron chi connectivity index (χ4n) is 5.29. The molecule has 0 bridgehead atoms. The van der Waals surface area contributed by atoms with Gasteiger partial charge in [-0.15, -0.1) is 0 Å². The summed E-state index contributed by atoms with van der Waals surface area (Å²) in [6, 6.07) is 16.0. The molecule has 1 aromatic carbocycles. The Kier molecular flexibility index (Phi) is 7.30. The normalized spacial score (nSPS) is 12.1. The second-order valence-corrected chi connectivity index (χ2v) is 12.6. The zero-order chi connectivity index (χ0) is 33.8. The molecule has 0 saturated heterocycles. The first-order chi connectivity index (χ1) is 22.9. The van der Waals surface area contributed by atoms with Gasteiger partial charge in [-0.2, -0.15) is 5.26 Å². The fourth-order valence-corrected chi connectivity index (χ4v) is 5.56. The van der Waals surface area contributed by atoms with E-state index in [0.29, 0.717) is 38.4 Å². The summed E-state index contributed by atoms with van der Waals surface area (Å²) >= 11 is 0. The zero-order valence-corrected chi connectivity index (χ0v) is 26.2. The van der Waals surface area contributed by atoms with E-state index < -0.39 is 31.2 Å². The number of pyridine rings is 3. The Bertz CT molecular complexity index is 2600. The van der Waals surface area contributed by atoms with E-state index >= 15 is 0 Å². The van der Waals surface area contributed by atoms with Gasteiger partial charge in [0, 0.05) is 47.5 Å². The quantitative estimate of drug-likeness (QED) is 0.163. The van der Waals surface area contributed by atoms with Gasteiger partial charge in [-0.25, -0.2) is 33.9 Å². The average Bonchev–Trinajstić information content (AvgIpc) is 3.56. The molecule has 0 radical (unpaired) electrons. The molecule has 16 heteroatoms. The minimum atomic E-state index is -5.04. The van der Waals surface area contributed by atoms with Gasteiger partial charge in [0.15, 0.2) is 5.82 Å². The monoisotopic (exact) mass is 661 g/mol. The maximum absolute atomic E-state index is 14.0. The van der Waals surface area contributed by atoms with Crippen LogP contribution >= 0.6 is 7.82 Å². The van der Waals surface area contributed by atoms with Crippen molar-refractivity contribution in [2.45, 2.75) is 26.0 Å². The third kappa shape index (κ3) is 5.44. The van der Waals surface area contributed by atoms with E-state index in [-0.39, 0.29) is 16.4 Å². The first-order valence-electron chi connectivity index (χ1n) is 14.4. The van der Waals surface area contributed by atoms with Crippen LogP contribution in [0, 0.1) is 11.3 Å². The van der Waals surface area contributed by atoms with Crippen LogP contribution in [0.15, 0.2) is 89.1 Å². The molecule has 6 aromatic heterocycles. The van der Waals surface area contributed by atoms with Crippen molar-refractivity contribution in [2.75, 3.05) is 0 Å². The molecule has 0 aliphatic rings. The van der Waals surface area contributed by atoms with E-state index in [4.69, 9.17) is 4.98 Å². The number of nitrogens with zero attached hydrogens (tertiary/aromatic N) is 8. The summed E-state index contributed by atoms with van der Waals surface area (Å²) in [5, 5.41) is 10.5. The minimum Gasteiger partial charge on any atom is -0.346 e. The molecule has 0 aliphatic heterocycles. The molecular weight excluding hydrogens is 637 g/mol. The van der Waals surface area contributed by atoms with Crippen LogP contribution in [0.4, 0.5) is 0 Å². The number of aromatic amines is 1. The van der Waals surface area contributed by atoms with Crippen LogP contribution < -0.4 is 11.2 Å². The lowest BCUT2D eigenvalue weighted by Crippen LogP contribution is -2.40. The predicted molar refractivity (Wildman–Crippen MR) is 175 cm³/mol. The van der Waals surface area contributed by atoms with Crippen molar-refractivity contribution in [1.29, 1.82) is 5.26 Å². The highest BCUT2D eigenvalue weighted by molar-refractivity contribution is 7.46. The molecule has 0 spiro atoms. The van der Waals surface area contributed by atoms with E-state index in [9.17, 15) is 29.2 Å². The number of rotatable bonds is 7. The summed E-state index contributed by atoms with van der Waals surface area (Å²) in [7, 11) is -5.04. The smallest absolute Gasteiger partial charge is 0.346 e. The Morgan fingerprint density at radius 1 is 0.958 bits per heavy atom. The van der Waals surface area contributed by atoms with Gasteiger partial charge in [0.25, 0.3) is 5.56 Å². The zero-order valence-electron chi connectivity index (χ0n) is 25.3. The Labute approximate surface area is 270 Å². The van der Waals surface area contributed by atoms with Crippen LogP contribution in [0.1, 0.15) is 19.4 Å². The van der Waals surface area contributed by atoms with Crippen molar-refractivity contribution in [2.24, 2.45) is 0 Å². The number of phosphoric acid groups is 1. The minimum absolute atomic E-state index is 0.0539. The second-order valence-electron chi connectivity index (χ2n) is 11.4. The Morgan fingerprint density at radius 3 is 2.40 bits per heavy atom. The van der Waals surface area contributed by atoms with Gasteiger partial charge in [-0.1, -0.05) is 12.1 Å². The summed E-state index contributed by atoms with van der Waals surface area (Å²) in [4.78, 5) is 71.8. The Morgan fingerprint density at radius 2 is 1.69 bits per heavy atom. The molecule has 7 aromatic rings. The van der Waals surface area contributed by atoms with E-state index in [2.05, 4.69) is 35.5 Å². The number of aromatic nitrogens is 8. The number of nitrogens with one attached hydrogen (secondary N) is 1. The number of hydrogen-bond donors (Lipinski definition) is 3. The van der Waals surface area contributed by atoms with Crippen LogP contribution in [0.5, 0.6) is 0 Å². The molecule has 0 aliphatic carbocycles. The van der Waals surface area contributed by atoms with Crippen LogP contribution in [-0.4, -0.2) is 48.8 Å². The molecule has 0 amide bonds. The average molecular weight is 662 g/mol. The molecule has 48 heavy (non-hydrogen) atoms. The molecule has 15 nitrogen and oxygen atoms in total. The fraction of sp³-hybridized carbons (Fsp3) is 0.125. The van der Waals surface area contributed by atoms with Crippen molar-refractivity contribution in [1.82, 2.24) is 39.0 Å². The highest BCUT2D eigenvalue weighted by atomic mass is 31.2. The lowest BCUT2D eigenvalue weighted by atomic mass is 9.86. The molecule has 238 valence electrons. The van der Waals surface area contributed by atoms with Crippen molar-refractivity contribution in [3.05, 3.63) is 106 Å². The SMILES string of the molecule is CC(C)(C#N)c1ccc(-n2c(=O)n(COP(=O)(O)O)c(=O)c3cnc4ccc(-c5cnc(-c6cnc7[nH]ccc7c6)nc5)nc4c32)cc1. The van der Waals surface area contributed by atoms with Gasteiger partial charge in [0.2, 0.25) is 0 Å². The number of fused-ring (bicyclic) bond motifs is 4. The van der Waals surface area contributed by atoms with E-state index in [0.717, 1.165) is 16.6 Å². The lowest BCUT2D eigenvalue weighted by Gasteiger charge is -2.18. The summed E-state index contributed by atoms with van der Waals surface area (Å²) in [6.45, 7) is 2.49. The highest BCUT2D eigenvalue weighted by Crippen LogP contribution is 2.36. The summed E-state index contributed by atoms with van der Waals surface area (Å²) in [5.41, 5.74) is 1.48. The lowest BCUT2D eigenvalue weighted by molar-refractivity contribution is 0.148. The summed E-state index contributed by atoms with van der Waals surface area (Å²) < 4.78 is 17.8. The summed E-state index contributed by atoms with van der Waals surface area (Å²) in [6.07, 6.45) is 7.94. The third-order valence-electron chi connectivity index (χ3n) is 7.90. The standard InChI is InChI=1S/C32H24N9O6P/c1-32(2,16-33)21-3-5-22(6-4-21)41-27-23(30(42)40(31(41)43)17-47-48(44,45)46)15-35-25-8-7-24(39-26(25)27)20-13-37-29(38-14-20)19-11-18-9-10-34-28(18)36-12-19/h3-15H,17H2,1-2H3,(H,34,36)(H2,44,45,46). The van der Waals surface area contributed by atoms with E-state index in [1.807, 2.05) is 12.1 Å². The molecule has 7 rings (SSSR count). The van der Waals surface area contributed by atoms with Gasteiger partial charge in [-0.05, 0) is 55.8 Å². The Balaban J connectivity index is 1.41. The van der Waals surface area contributed by atoms with E-state index in [1.165, 1.54) is 10.8 Å². The molecular formula is C32H24N9O6P. The van der Waals surface area contributed by atoms with Crippen molar-refractivity contribution in [3.8, 4) is 34.4 Å².